The van der Waals surface area contributed by atoms with Gasteiger partial charge in [0.2, 0.25) is 5.91 Å². The Labute approximate surface area is 126 Å². The highest BCUT2D eigenvalue weighted by molar-refractivity contribution is 6.33. The minimum Gasteiger partial charge on any atom is -0.397 e. The zero-order valence-corrected chi connectivity index (χ0v) is 13.4. The van der Waals surface area contributed by atoms with Crippen molar-refractivity contribution in [2.45, 2.75) is 45.7 Å². The third-order valence-electron chi connectivity index (χ3n) is 3.77. The number of nitrogen functional groups attached to an aromatic ring is 1. The summed E-state index contributed by atoms with van der Waals surface area (Å²) in [6.07, 6.45) is 2.05. The summed E-state index contributed by atoms with van der Waals surface area (Å²) in [4.78, 5) is 14.4. The van der Waals surface area contributed by atoms with Gasteiger partial charge in [-0.25, -0.2) is 0 Å². The predicted molar refractivity (Wildman–Crippen MR) is 86.1 cm³/mol. The maximum atomic E-state index is 12.3. The highest BCUT2D eigenvalue weighted by atomic mass is 35.5. The van der Waals surface area contributed by atoms with Gasteiger partial charge < -0.3 is 11.1 Å². The van der Waals surface area contributed by atoms with Gasteiger partial charge in [0.25, 0.3) is 0 Å². The second-order valence-electron chi connectivity index (χ2n) is 5.04. The van der Waals surface area contributed by atoms with Crippen LogP contribution in [0.3, 0.4) is 0 Å². The molecule has 0 aliphatic rings. The molecular formula is C15H24ClN3O. The molecule has 1 atom stereocenters. The van der Waals surface area contributed by atoms with E-state index in [1.807, 2.05) is 14.0 Å². The maximum Gasteiger partial charge on any atom is 0.241 e. The van der Waals surface area contributed by atoms with Crippen molar-refractivity contribution in [1.29, 1.82) is 0 Å². The molecule has 4 nitrogen and oxygen atoms in total. The number of carbonyl (C=O) groups is 1. The van der Waals surface area contributed by atoms with Crippen LogP contribution >= 0.6 is 11.6 Å². The van der Waals surface area contributed by atoms with Crippen LogP contribution in [-0.4, -0.2) is 29.9 Å². The van der Waals surface area contributed by atoms with Gasteiger partial charge in [0.05, 0.1) is 16.8 Å². The molecule has 1 amide bonds. The summed E-state index contributed by atoms with van der Waals surface area (Å²) < 4.78 is 0. The normalized spacial score (nSPS) is 12.8. The summed E-state index contributed by atoms with van der Waals surface area (Å²) in [5.41, 5.74) is 6.86. The van der Waals surface area contributed by atoms with Crippen LogP contribution in [0.15, 0.2) is 18.2 Å². The summed E-state index contributed by atoms with van der Waals surface area (Å²) >= 11 is 5.86. The largest absolute Gasteiger partial charge is 0.397 e. The standard InChI is InChI=1S/C15H24ClN3O/c1-5-12(6-2)19(4)10(3)15(20)18-11-7-8-13(16)14(17)9-11/h7-10,12H,5-6,17H2,1-4H3,(H,18,20). The fourth-order valence-electron chi connectivity index (χ4n) is 2.23. The Morgan fingerprint density at radius 2 is 2.00 bits per heavy atom. The van der Waals surface area contributed by atoms with Gasteiger partial charge in [-0.05, 0) is 45.0 Å². The van der Waals surface area contributed by atoms with E-state index in [0.717, 1.165) is 12.8 Å². The van der Waals surface area contributed by atoms with Crippen LogP contribution in [0.4, 0.5) is 11.4 Å². The van der Waals surface area contributed by atoms with Crippen molar-refractivity contribution in [2.75, 3.05) is 18.1 Å². The van der Waals surface area contributed by atoms with E-state index in [9.17, 15) is 4.79 Å². The average Bonchev–Trinajstić information content (AvgIpc) is 2.43. The molecule has 0 radical (unpaired) electrons. The zero-order chi connectivity index (χ0) is 15.3. The van der Waals surface area contributed by atoms with E-state index in [1.165, 1.54) is 0 Å². The first kappa shape index (κ1) is 16.8. The molecule has 1 unspecified atom stereocenters. The van der Waals surface area contributed by atoms with Gasteiger partial charge in [-0.15, -0.1) is 0 Å². The van der Waals surface area contributed by atoms with Gasteiger partial charge in [0, 0.05) is 11.7 Å². The van der Waals surface area contributed by atoms with E-state index in [0.29, 0.717) is 22.4 Å². The molecule has 0 fully saturated rings. The van der Waals surface area contributed by atoms with Crippen LogP contribution in [0.25, 0.3) is 0 Å². The SMILES string of the molecule is CCC(CC)N(C)C(C)C(=O)Nc1ccc(Cl)c(N)c1. The molecule has 0 aromatic heterocycles. The second kappa shape index (κ2) is 7.50. The Hall–Kier alpha value is -1.26. The van der Waals surface area contributed by atoms with Gasteiger partial charge in [-0.1, -0.05) is 25.4 Å². The fraction of sp³-hybridized carbons (Fsp3) is 0.533. The number of likely N-dealkylation sites (N-methyl/N-ethyl adjacent to an activating group) is 1. The van der Waals surface area contributed by atoms with Crippen LogP contribution in [0.2, 0.25) is 5.02 Å². The lowest BCUT2D eigenvalue weighted by atomic mass is 10.1. The molecule has 0 spiro atoms. The summed E-state index contributed by atoms with van der Waals surface area (Å²) in [6.45, 7) is 6.18. The lowest BCUT2D eigenvalue weighted by Gasteiger charge is -2.31. The number of anilines is 2. The van der Waals surface area contributed by atoms with Crippen LogP contribution in [0.1, 0.15) is 33.6 Å². The molecule has 1 aromatic carbocycles. The molecule has 0 bridgehead atoms. The number of hydrogen-bond acceptors (Lipinski definition) is 3. The molecule has 0 heterocycles. The second-order valence-corrected chi connectivity index (χ2v) is 5.44. The lowest BCUT2D eigenvalue weighted by Crippen LogP contribution is -2.44. The molecule has 112 valence electrons. The zero-order valence-electron chi connectivity index (χ0n) is 12.6. The number of nitrogens with zero attached hydrogens (tertiary/aromatic N) is 1. The number of halogens is 1. The van der Waals surface area contributed by atoms with E-state index in [2.05, 4.69) is 24.1 Å². The Bertz CT molecular complexity index is 460. The highest BCUT2D eigenvalue weighted by Crippen LogP contribution is 2.22. The molecule has 1 rings (SSSR count). The fourth-order valence-corrected chi connectivity index (χ4v) is 2.35. The monoisotopic (exact) mass is 297 g/mol. The number of nitrogens with one attached hydrogen (secondary N) is 1. The van der Waals surface area contributed by atoms with Gasteiger partial charge in [0.1, 0.15) is 0 Å². The summed E-state index contributed by atoms with van der Waals surface area (Å²) in [5, 5.41) is 3.37. The van der Waals surface area contributed by atoms with Crippen LogP contribution in [0.5, 0.6) is 0 Å². The number of carbonyl (C=O) groups excluding carboxylic acids is 1. The van der Waals surface area contributed by atoms with E-state index in [1.54, 1.807) is 18.2 Å². The molecule has 3 N–H and O–H groups in total. The first-order valence-corrected chi connectivity index (χ1v) is 7.36. The van der Waals surface area contributed by atoms with Crippen molar-refractivity contribution in [2.24, 2.45) is 0 Å². The van der Waals surface area contributed by atoms with Gasteiger partial charge in [-0.2, -0.15) is 0 Å². The maximum absolute atomic E-state index is 12.3. The molecule has 1 aromatic rings. The van der Waals surface area contributed by atoms with Crippen molar-refractivity contribution in [3.05, 3.63) is 23.2 Å². The topological polar surface area (TPSA) is 58.4 Å². The summed E-state index contributed by atoms with van der Waals surface area (Å²) in [6, 6.07) is 5.31. The number of benzene rings is 1. The number of hydrogen-bond donors (Lipinski definition) is 2. The Kier molecular flexibility index (Phi) is 6.30. The number of rotatable bonds is 6. The lowest BCUT2D eigenvalue weighted by molar-refractivity contribution is -0.121. The Morgan fingerprint density at radius 3 is 2.50 bits per heavy atom. The summed E-state index contributed by atoms with van der Waals surface area (Å²) in [5.74, 6) is -0.0406. The van der Waals surface area contributed by atoms with Gasteiger partial charge in [0.15, 0.2) is 0 Å². The molecule has 20 heavy (non-hydrogen) atoms. The molecule has 0 saturated carbocycles. The van der Waals surface area contributed by atoms with Crippen LogP contribution in [0, 0.1) is 0 Å². The number of amides is 1. The molecule has 0 aliphatic heterocycles. The van der Waals surface area contributed by atoms with Gasteiger partial charge >= 0.3 is 0 Å². The molecule has 0 aliphatic carbocycles. The smallest absolute Gasteiger partial charge is 0.241 e. The minimum atomic E-state index is -0.197. The first-order valence-electron chi connectivity index (χ1n) is 6.98. The van der Waals surface area contributed by atoms with E-state index in [4.69, 9.17) is 17.3 Å². The van der Waals surface area contributed by atoms with Crippen LogP contribution in [-0.2, 0) is 4.79 Å². The summed E-state index contributed by atoms with van der Waals surface area (Å²) in [7, 11) is 1.98. The minimum absolute atomic E-state index is 0.0406. The Balaban J connectivity index is 2.72. The average molecular weight is 298 g/mol. The predicted octanol–water partition coefficient (Wildman–Crippen LogP) is 3.37. The quantitative estimate of drug-likeness (QED) is 0.792. The van der Waals surface area contributed by atoms with Crippen molar-refractivity contribution in [3.8, 4) is 0 Å². The van der Waals surface area contributed by atoms with Crippen LogP contribution < -0.4 is 11.1 Å². The van der Waals surface area contributed by atoms with E-state index >= 15 is 0 Å². The van der Waals surface area contributed by atoms with Crippen molar-refractivity contribution in [1.82, 2.24) is 4.90 Å². The Morgan fingerprint density at radius 1 is 1.40 bits per heavy atom. The molecular weight excluding hydrogens is 274 g/mol. The van der Waals surface area contributed by atoms with Crippen molar-refractivity contribution in [3.63, 3.8) is 0 Å². The van der Waals surface area contributed by atoms with Crippen molar-refractivity contribution >= 4 is 28.9 Å². The van der Waals surface area contributed by atoms with Crippen molar-refractivity contribution < 1.29 is 4.79 Å². The van der Waals surface area contributed by atoms with E-state index in [-0.39, 0.29) is 11.9 Å². The first-order chi connectivity index (χ1) is 9.40. The highest BCUT2D eigenvalue weighted by Gasteiger charge is 2.22. The van der Waals surface area contributed by atoms with Gasteiger partial charge in [-0.3, -0.25) is 9.69 Å². The molecule has 5 heteroatoms. The third-order valence-corrected chi connectivity index (χ3v) is 4.12. The third kappa shape index (κ3) is 4.12. The van der Waals surface area contributed by atoms with E-state index < -0.39 is 0 Å². The molecule has 0 saturated heterocycles. The number of nitrogens with two attached hydrogens (primary N) is 1.